The molecule has 2 aromatic carbocycles. The maximum Gasteiger partial charge on any atom is 0.296 e. The van der Waals surface area contributed by atoms with Gasteiger partial charge in [0.25, 0.3) is 17.5 Å². The van der Waals surface area contributed by atoms with Gasteiger partial charge in [-0.3, -0.25) is 9.59 Å². The zero-order valence-electron chi connectivity index (χ0n) is 20.4. The first-order valence-corrected chi connectivity index (χ1v) is 12.0. The second-order valence-corrected chi connectivity index (χ2v) is 9.29. The van der Waals surface area contributed by atoms with Crippen molar-refractivity contribution in [3.8, 4) is 11.5 Å². The van der Waals surface area contributed by atoms with E-state index in [4.69, 9.17) is 14.2 Å². The van der Waals surface area contributed by atoms with Crippen LogP contribution in [0.5, 0.6) is 11.5 Å². The number of benzene rings is 2. The summed E-state index contributed by atoms with van der Waals surface area (Å²) < 4.78 is 16.8. The fourth-order valence-electron chi connectivity index (χ4n) is 5.85. The third-order valence-corrected chi connectivity index (χ3v) is 7.45. The number of unbranched alkanes of at least 4 members (excludes halogenated alkanes) is 3. The number of Topliss-reactive ketones (excluding diaryl/α,β-unsaturated/α-hetero) is 1. The maximum atomic E-state index is 13.5. The first kappa shape index (κ1) is 24.3. The van der Waals surface area contributed by atoms with E-state index in [1.807, 2.05) is 6.92 Å². The third kappa shape index (κ3) is 2.81. The Balaban J connectivity index is 1.77. The van der Waals surface area contributed by atoms with Crippen molar-refractivity contribution in [2.24, 2.45) is 0 Å². The van der Waals surface area contributed by atoms with Gasteiger partial charge in [-0.05, 0) is 24.6 Å². The summed E-state index contributed by atoms with van der Waals surface area (Å²) in [7, 11) is 2.93. The molecule has 3 aliphatic rings. The first-order valence-electron chi connectivity index (χ1n) is 12.0. The van der Waals surface area contributed by atoms with Gasteiger partial charge in [-0.1, -0.05) is 50.5 Å². The van der Waals surface area contributed by atoms with E-state index in [0.29, 0.717) is 23.5 Å². The average molecular weight is 496 g/mol. The van der Waals surface area contributed by atoms with E-state index >= 15 is 0 Å². The Morgan fingerprint density at radius 1 is 0.917 bits per heavy atom. The molecule has 2 aromatic rings. The molecule has 9 heteroatoms. The van der Waals surface area contributed by atoms with E-state index in [-0.39, 0.29) is 29.0 Å². The lowest BCUT2D eigenvalue weighted by atomic mass is 9.78. The van der Waals surface area contributed by atoms with Crippen molar-refractivity contribution in [3.05, 3.63) is 64.7 Å². The molecule has 9 nitrogen and oxygen atoms in total. The molecule has 2 atom stereocenters. The topological polar surface area (TPSA) is 126 Å². The fraction of sp³-hybridized carbons (Fsp3) is 0.407. The number of hydrogen-bond acceptors (Lipinski definition) is 8. The molecular formula is C27H29NO8. The quantitative estimate of drug-likeness (QED) is 0.289. The number of carbonyl (C=O) groups is 2. The minimum Gasteiger partial charge on any atom is -0.493 e. The van der Waals surface area contributed by atoms with Crippen LogP contribution in [0.4, 0.5) is 0 Å². The van der Waals surface area contributed by atoms with Crippen molar-refractivity contribution < 1.29 is 39.1 Å². The largest absolute Gasteiger partial charge is 0.493 e. The van der Waals surface area contributed by atoms with E-state index in [2.05, 4.69) is 0 Å². The Morgan fingerprint density at radius 2 is 1.61 bits per heavy atom. The second-order valence-electron chi connectivity index (χ2n) is 9.29. The zero-order chi connectivity index (χ0) is 25.9. The number of amides is 1. The van der Waals surface area contributed by atoms with Crippen molar-refractivity contribution >= 4 is 17.4 Å². The van der Waals surface area contributed by atoms with Crippen LogP contribution in [-0.4, -0.2) is 58.2 Å². The van der Waals surface area contributed by atoms with Gasteiger partial charge in [0.05, 0.1) is 19.8 Å². The van der Waals surface area contributed by atoms with E-state index in [9.17, 15) is 24.9 Å². The van der Waals surface area contributed by atoms with Gasteiger partial charge in [0.15, 0.2) is 11.5 Å². The number of rotatable bonds is 8. The van der Waals surface area contributed by atoms with E-state index < -0.39 is 28.8 Å². The SMILES string of the molecule is CCCCCCN1C(=O)C(=O)C2=C(c3ccc(OC)c(OC)c3)O[C@]3(O)c4ccccc4C(O)(O)[C@@]213. The summed E-state index contributed by atoms with van der Waals surface area (Å²) in [6, 6.07) is 10.9. The van der Waals surface area contributed by atoms with Gasteiger partial charge in [-0.25, -0.2) is 0 Å². The summed E-state index contributed by atoms with van der Waals surface area (Å²) in [6.07, 6.45) is 3.14. The first-order chi connectivity index (χ1) is 17.2. The third-order valence-electron chi connectivity index (χ3n) is 7.45. The van der Waals surface area contributed by atoms with Gasteiger partial charge in [0.2, 0.25) is 11.3 Å². The summed E-state index contributed by atoms with van der Waals surface area (Å²) in [5.41, 5.74) is -2.22. The van der Waals surface area contributed by atoms with E-state index in [1.165, 1.54) is 26.4 Å². The van der Waals surface area contributed by atoms with Crippen LogP contribution >= 0.6 is 0 Å². The van der Waals surface area contributed by atoms with Gasteiger partial charge >= 0.3 is 0 Å². The number of aliphatic hydroxyl groups is 3. The molecular weight excluding hydrogens is 466 g/mol. The van der Waals surface area contributed by atoms with Gasteiger partial charge in [0, 0.05) is 23.2 Å². The number of ether oxygens (including phenoxy) is 3. The standard InChI is InChI=1S/C27H29NO8/c1-4-5-6-9-14-28-24(30)22(29)21-23(16-12-13-19(34-2)20(15-16)35-3)36-27(33)18-11-8-7-10-17(18)26(31,32)25(21,27)28/h7-8,10-13,15,31-33H,4-6,9,14H2,1-3H3/t25-,27-/m1/s1. The molecule has 0 bridgehead atoms. The minimum absolute atomic E-state index is 0.0302. The Hall–Kier alpha value is -3.40. The van der Waals surface area contributed by atoms with Crippen molar-refractivity contribution in [2.75, 3.05) is 20.8 Å². The van der Waals surface area contributed by atoms with Crippen LogP contribution in [0, 0.1) is 0 Å². The van der Waals surface area contributed by atoms with Gasteiger partial charge < -0.3 is 34.4 Å². The van der Waals surface area contributed by atoms with Gasteiger partial charge in [-0.2, -0.15) is 0 Å². The molecule has 0 radical (unpaired) electrons. The monoisotopic (exact) mass is 495 g/mol. The molecule has 36 heavy (non-hydrogen) atoms. The molecule has 190 valence electrons. The molecule has 0 aromatic heterocycles. The smallest absolute Gasteiger partial charge is 0.296 e. The predicted octanol–water partition coefficient (Wildman–Crippen LogP) is 2.17. The number of hydrogen-bond donors (Lipinski definition) is 3. The number of fused-ring (bicyclic) bond motifs is 2. The molecule has 5 rings (SSSR count). The van der Waals surface area contributed by atoms with Gasteiger partial charge in [-0.15, -0.1) is 0 Å². The Labute approximate surface area is 208 Å². The highest BCUT2D eigenvalue weighted by Gasteiger charge is 2.85. The molecule has 2 aliphatic heterocycles. The molecule has 3 N–H and O–H groups in total. The Bertz CT molecular complexity index is 1280. The van der Waals surface area contributed by atoms with Crippen LogP contribution in [0.15, 0.2) is 48.0 Å². The van der Waals surface area contributed by atoms with Crippen LogP contribution in [-0.2, 0) is 25.9 Å². The van der Waals surface area contributed by atoms with Crippen molar-refractivity contribution in [3.63, 3.8) is 0 Å². The number of methoxy groups -OCH3 is 2. The lowest BCUT2D eigenvalue weighted by molar-refractivity contribution is -0.312. The van der Waals surface area contributed by atoms with Crippen LogP contribution in [0.3, 0.4) is 0 Å². The van der Waals surface area contributed by atoms with Crippen LogP contribution in [0.25, 0.3) is 5.76 Å². The Kier molecular flexibility index (Phi) is 5.62. The molecule has 1 fully saturated rings. The van der Waals surface area contributed by atoms with E-state index in [0.717, 1.165) is 24.2 Å². The van der Waals surface area contributed by atoms with Crippen LogP contribution in [0.2, 0.25) is 0 Å². The van der Waals surface area contributed by atoms with Crippen molar-refractivity contribution in [1.82, 2.24) is 4.90 Å². The average Bonchev–Trinajstić information content (AvgIpc) is 3.35. The molecule has 0 saturated carbocycles. The molecule has 1 aliphatic carbocycles. The summed E-state index contributed by atoms with van der Waals surface area (Å²) in [5, 5.41) is 35.5. The number of nitrogens with zero attached hydrogens (tertiary/aromatic N) is 1. The predicted molar refractivity (Wildman–Crippen MR) is 128 cm³/mol. The van der Waals surface area contributed by atoms with Crippen molar-refractivity contribution in [2.45, 2.75) is 49.7 Å². The summed E-state index contributed by atoms with van der Waals surface area (Å²) >= 11 is 0. The van der Waals surface area contributed by atoms with Crippen LogP contribution < -0.4 is 9.47 Å². The van der Waals surface area contributed by atoms with Crippen molar-refractivity contribution in [1.29, 1.82) is 0 Å². The summed E-state index contributed by atoms with van der Waals surface area (Å²) in [5.74, 6) is -6.45. The highest BCUT2D eigenvalue weighted by molar-refractivity contribution is 6.48. The maximum absolute atomic E-state index is 13.5. The fourth-order valence-corrected chi connectivity index (χ4v) is 5.85. The normalized spacial score (nSPS) is 25.6. The second kappa shape index (κ2) is 8.33. The highest BCUT2D eigenvalue weighted by Crippen LogP contribution is 2.67. The van der Waals surface area contributed by atoms with E-state index in [1.54, 1.807) is 30.3 Å². The Morgan fingerprint density at radius 3 is 2.28 bits per heavy atom. The van der Waals surface area contributed by atoms with Gasteiger partial charge in [0.1, 0.15) is 5.76 Å². The molecule has 1 saturated heterocycles. The summed E-state index contributed by atoms with van der Waals surface area (Å²) in [4.78, 5) is 28.0. The minimum atomic E-state index is -2.81. The summed E-state index contributed by atoms with van der Waals surface area (Å²) in [6.45, 7) is 2.08. The number of ketones is 1. The molecule has 1 amide bonds. The highest BCUT2D eigenvalue weighted by atomic mass is 16.6. The number of likely N-dealkylation sites (tertiary alicyclic amines) is 1. The number of carbonyl (C=O) groups excluding carboxylic acids is 2. The lowest BCUT2D eigenvalue weighted by Gasteiger charge is -2.45. The molecule has 0 unspecified atom stereocenters. The molecule has 2 heterocycles. The molecule has 1 spiro atoms. The van der Waals surface area contributed by atoms with Crippen LogP contribution in [0.1, 0.15) is 49.3 Å². The lowest BCUT2D eigenvalue weighted by Crippen LogP contribution is -2.66. The zero-order valence-corrected chi connectivity index (χ0v) is 20.4.